The van der Waals surface area contributed by atoms with Crippen LogP contribution in [0.5, 0.6) is 0 Å². The summed E-state index contributed by atoms with van der Waals surface area (Å²) in [6.07, 6.45) is 5.81. The van der Waals surface area contributed by atoms with Crippen LogP contribution < -0.4 is 11.0 Å². The minimum Gasteiger partial charge on any atom is -0.350 e. The molecule has 8 heteroatoms. The van der Waals surface area contributed by atoms with Gasteiger partial charge < -0.3 is 9.88 Å². The molecule has 0 bridgehead atoms. The van der Waals surface area contributed by atoms with Gasteiger partial charge in [-0.25, -0.2) is 9.89 Å². The van der Waals surface area contributed by atoms with Gasteiger partial charge in [-0.1, -0.05) is 0 Å². The van der Waals surface area contributed by atoms with Crippen molar-refractivity contribution in [1.82, 2.24) is 30.0 Å². The number of rotatable bonds is 5. The lowest BCUT2D eigenvalue weighted by Crippen LogP contribution is -2.27. The zero-order valence-electron chi connectivity index (χ0n) is 11.6. The van der Waals surface area contributed by atoms with Crippen molar-refractivity contribution in [3.63, 3.8) is 0 Å². The Morgan fingerprint density at radius 2 is 2.14 bits per heavy atom. The van der Waals surface area contributed by atoms with Crippen molar-refractivity contribution >= 4 is 5.91 Å². The summed E-state index contributed by atoms with van der Waals surface area (Å²) in [6, 6.07) is 7.35. The fourth-order valence-corrected chi connectivity index (χ4v) is 2.02. The molecular weight excluding hydrogens is 284 g/mol. The summed E-state index contributed by atoms with van der Waals surface area (Å²) in [5, 5.41) is 8.79. The second kappa shape index (κ2) is 6.08. The molecule has 0 saturated carbocycles. The van der Waals surface area contributed by atoms with E-state index >= 15 is 0 Å². The maximum absolute atomic E-state index is 12.1. The summed E-state index contributed by atoms with van der Waals surface area (Å²) in [7, 11) is 0. The molecule has 22 heavy (non-hydrogen) atoms. The molecular formula is C14H14N6O2. The number of amides is 1. The molecule has 0 unspecified atom stereocenters. The average molecular weight is 298 g/mol. The van der Waals surface area contributed by atoms with Crippen LogP contribution in [0, 0.1) is 0 Å². The van der Waals surface area contributed by atoms with E-state index in [1.807, 2.05) is 35.2 Å². The zero-order chi connectivity index (χ0) is 15.4. The molecule has 1 amide bonds. The number of carbonyl (C=O) groups is 1. The van der Waals surface area contributed by atoms with Gasteiger partial charge in [-0.3, -0.25) is 14.8 Å². The van der Waals surface area contributed by atoms with Crippen LogP contribution in [0.2, 0.25) is 0 Å². The third-order valence-electron chi connectivity index (χ3n) is 3.08. The first-order chi connectivity index (χ1) is 10.7. The lowest BCUT2D eigenvalue weighted by atomic mass is 10.3. The van der Waals surface area contributed by atoms with Gasteiger partial charge in [0.05, 0.1) is 0 Å². The van der Waals surface area contributed by atoms with Crippen LogP contribution in [0.1, 0.15) is 16.3 Å². The summed E-state index contributed by atoms with van der Waals surface area (Å²) < 4.78 is 1.90. The van der Waals surface area contributed by atoms with Crippen LogP contribution in [0.3, 0.4) is 0 Å². The molecule has 0 radical (unpaired) electrons. The first-order valence-corrected chi connectivity index (χ1v) is 6.73. The van der Waals surface area contributed by atoms with Crippen molar-refractivity contribution in [2.75, 3.05) is 6.54 Å². The van der Waals surface area contributed by atoms with Gasteiger partial charge in [0, 0.05) is 37.2 Å². The van der Waals surface area contributed by atoms with Crippen LogP contribution in [-0.4, -0.2) is 37.2 Å². The van der Waals surface area contributed by atoms with Gasteiger partial charge >= 0.3 is 5.69 Å². The zero-order valence-corrected chi connectivity index (χ0v) is 11.6. The number of nitrogens with one attached hydrogen (secondary N) is 3. The van der Waals surface area contributed by atoms with Crippen molar-refractivity contribution in [3.05, 3.63) is 64.9 Å². The molecule has 3 aromatic rings. The first-order valence-electron chi connectivity index (χ1n) is 6.73. The van der Waals surface area contributed by atoms with Crippen LogP contribution in [0.25, 0.3) is 5.69 Å². The predicted molar refractivity (Wildman–Crippen MR) is 78.8 cm³/mol. The second-order valence-corrected chi connectivity index (χ2v) is 4.62. The Morgan fingerprint density at radius 3 is 2.86 bits per heavy atom. The van der Waals surface area contributed by atoms with E-state index in [4.69, 9.17) is 0 Å². The Labute approximate surface area is 125 Å². The maximum atomic E-state index is 12.1. The van der Waals surface area contributed by atoms with Crippen molar-refractivity contribution in [1.29, 1.82) is 0 Å². The van der Waals surface area contributed by atoms with Crippen LogP contribution in [0.15, 0.2) is 47.7 Å². The first kappa shape index (κ1) is 13.8. The highest BCUT2D eigenvalue weighted by molar-refractivity contribution is 5.92. The number of carbonyl (C=O) groups excluding carboxylic acids is 1. The Morgan fingerprint density at radius 1 is 1.32 bits per heavy atom. The van der Waals surface area contributed by atoms with Gasteiger partial charge in [-0.05, 0) is 24.3 Å². The molecule has 0 aliphatic rings. The minimum absolute atomic E-state index is 0.271. The number of pyridine rings is 1. The van der Waals surface area contributed by atoms with Gasteiger partial charge in [-0.2, -0.15) is 5.10 Å². The smallest absolute Gasteiger partial charge is 0.340 e. The van der Waals surface area contributed by atoms with Gasteiger partial charge in [0.1, 0.15) is 11.5 Å². The van der Waals surface area contributed by atoms with Gasteiger partial charge in [0.25, 0.3) is 5.91 Å². The largest absolute Gasteiger partial charge is 0.350 e. The van der Waals surface area contributed by atoms with E-state index in [1.54, 1.807) is 12.3 Å². The topological polar surface area (TPSA) is 108 Å². The molecule has 0 aromatic carbocycles. The van der Waals surface area contributed by atoms with E-state index in [0.717, 1.165) is 5.69 Å². The summed E-state index contributed by atoms with van der Waals surface area (Å²) in [4.78, 5) is 29.6. The summed E-state index contributed by atoms with van der Waals surface area (Å²) in [5.74, 6) is 0.228. The molecule has 3 heterocycles. The molecule has 0 fully saturated rings. The normalized spacial score (nSPS) is 10.5. The fourth-order valence-electron chi connectivity index (χ4n) is 2.02. The van der Waals surface area contributed by atoms with Gasteiger partial charge in [-0.15, -0.1) is 0 Å². The van der Waals surface area contributed by atoms with E-state index in [9.17, 15) is 9.59 Å². The highest BCUT2D eigenvalue weighted by atomic mass is 16.2. The lowest BCUT2D eigenvalue weighted by molar-refractivity contribution is 0.0949. The third-order valence-corrected chi connectivity index (χ3v) is 3.08. The number of aromatic amines is 2. The molecule has 0 aliphatic heterocycles. The molecule has 8 nitrogen and oxygen atoms in total. The van der Waals surface area contributed by atoms with Crippen molar-refractivity contribution in [2.24, 2.45) is 0 Å². The van der Waals surface area contributed by atoms with Crippen molar-refractivity contribution < 1.29 is 4.79 Å². The van der Waals surface area contributed by atoms with Crippen molar-refractivity contribution in [3.8, 4) is 5.69 Å². The maximum Gasteiger partial charge on any atom is 0.340 e. The number of nitrogens with zero attached hydrogens (tertiary/aromatic N) is 3. The van der Waals surface area contributed by atoms with Crippen molar-refractivity contribution in [2.45, 2.75) is 6.42 Å². The molecule has 3 aromatic heterocycles. The molecule has 0 saturated heterocycles. The van der Waals surface area contributed by atoms with E-state index in [-0.39, 0.29) is 11.6 Å². The van der Waals surface area contributed by atoms with Gasteiger partial charge in [0.15, 0.2) is 0 Å². The minimum atomic E-state index is -0.359. The molecule has 3 rings (SSSR count). The quantitative estimate of drug-likeness (QED) is 0.627. The lowest BCUT2D eigenvalue weighted by Gasteiger charge is -2.06. The highest BCUT2D eigenvalue weighted by Crippen LogP contribution is 2.08. The van der Waals surface area contributed by atoms with E-state index in [1.165, 1.54) is 0 Å². The molecule has 3 N–H and O–H groups in total. The monoisotopic (exact) mass is 298 g/mol. The Hall–Kier alpha value is -3.16. The average Bonchev–Trinajstić information content (AvgIpc) is 3.19. The SMILES string of the molecule is O=C(NCCc1n[nH]c(=O)[nH]1)c1cc(-n2cccc2)ccn1. The summed E-state index contributed by atoms with van der Waals surface area (Å²) >= 11 is 0. The van der Waals surface area contributed by atoms with Crippen LogP contribution in [-0.2, 0) is 6.42 Å². The predicted octanol–water partition coefficient (Wildman–Crippen LogP) is 0.256. The fraction of sp³-hybridized carbons (Fsp3) is 0.143. The number of aromatic nitrogens is 5. The molecule has 0 aliphatic carbocycles. The second-order valence-electron chi connectivity index (χ2n) is 4.62. The Kier molecular flexibility index (Phi) is 3.82. The van der Waals surface area contributed by atoms with Crippen LogP contribution >= 0.6 is 0 Å². The number of H-pyrrole nitrogens is 2. The molecule has 112 valence electrons. The van der Waals surface area contributed by atoms with E-state index < -0.39 is 0 Å². The molecule has 0 atom stereocenters. The summed E-state index contributed by atoms with van der Waals surface area (Å²) in [6.45, 7) is 0.356. The summed E-state index contributed by atoms with van der Waals surface area (Å²) in [5.41, 5.74) is 0.839. The van der Waals surface area contributed by atoms with Gasteiger partial charge in [0.2, 0.25) is 0 Å². The van der Waals surface area contributed by atoms with Crippen LogP contribution in [0.4, 0.5) is 0 Å². The number of hydrogen-bond acceptors (Lipinski definition) is 4. The highest BCUT2D eigenvalue weighted by Gasteiger charge is 2.08. The Balaban J connectivity index is 1.62. The third kappa shape index (κ3) is 3.11. The molecule has 0 spiro atoms. The standard InChI is InChI=1S/C14H14N6O2/c21-13(16-6-4-12-17-14(22)19-18-12)11-9-10(3-5-15-11)20-7-1-2-8-20/h1-3,5,7-9H,4,6H2,(H,16,21)(H2,17,18,19,22). The van der Waals surface area contributed by atoms with E-state index in [2.05, 4.69) is 25.5 Å². The number of hydrogen-bond donors (Lipinski definition) is 3. The Bertz CT molecular complexity index is 818. The van der Waals surface area contributed by atoms with E-state index in [0.29, 0.717) is 24.5 Å².